The van der Waals surface area contributed by atoms with E-state index in [9.17, 15) is 14.0 Å². The summed E-state index contributed by atoms with van der Waals surface area (Å²) >= 11 is 0. The number of carbonyl (C=O) groups is 2. The Morgan fingerprint density at radius 2 is 1.64 bits per heavy atom. The highest BCUT2D eigenvalue weighted by Gasteiger charge is 2.51. The van der Waals surface area contributed by atoms with Crippen LogP contribution in [0.4, 0.5) is 4.39 Å². The number of hydrogen-bond donors (Lipinski definition) is 1. The first kappa shape index (κ1) is 24.0. The van der Waals surface area contributed by atoms with E-state index in [4.69, 9.17) is 4.74 Å². The van der Waals surface area contributed by atoms with Crippen molar-refractivity contribution in [2.75, 3.05) is 20.2 Å². The number of nitrogens with one attached hydrogen (secondary N) is 1. The fourth-order valence-electron chi connectivity index (χ4n) is 5.26. The highest BCUT2D eigenvalue weighted by atomic mass is 19.1. The van der Waals surface area contributed by atoms with Gasteiger partial charge in [-0.05, 0) is 53.9 Å². The molecule has 2 fully saturated rings. The first-order valence-electron chi connectivity index (χ1n) is 12.3. The maximum atomic E-state index is 13.6. The van der Waals surface area contributed by atoms with E-state index in [0.717, 1.165) is 11.1 Å². The van der Waals surface area contributed by atoms with Crippen LogP contribution in [0.3, 0.4) is 0 Å². The van der Waals surface area contributed by atoms with E-state index in [2.05, 4.69) is 5.32 Å². The molecule has 6 nitrogen and oxygen atoms in total. The van der Waals surface area contributed by atoms with Crippen LogP contribution < -0.4 is 10.1 Å². The number of likely N-dealkylation sites (tertiary alicyclic amines) is 1. The molecule has 36 heavy (non-hydrogen) atoms. The van der Waals surface area contributed by atoms with E-state index in [0.29, 0.717) is 50.2 Å². The molecule has 1 unspecified atom stereocenters. The molecule has 0 aliphatic carbocycles. The molecule has 0 bridgehead atoms. The number of benzene rings is 3. The summed E-state index contributed by atoms with van der Waals surface area (Å²) in [4.78, 5) is 30.5. The van der Waals surface area contributed by atoms with Crippen LogP contribution >= 0.6 is 0 Å². The molecular weight excluding hydrogens is 457 g/mol. The third-order valence-corrected chi connectivity index (χ3v) is 7.28. The summed E-state index contributed by atoms with van der Waals surface area (Å²) in [7, 11) is 1.60. The van der Waals surface area contributed by atoms with Gasteiger partial charge in [0, 0.05) is 38.0 Å². The number of nitrogens with zero attached hydrogens (tertiary/aromatic N) is 2. The number of rotatable bonds is 6. The van der Waals surface area contributed by atoms with E-state index in [1.807, 2.05) is 40.1 Å². The maximum absolute atomic E-state index is 13.6. The molecule has 2 saturated heterocycles. The van der Waals surface area contributed by atoms with Crippen LogP contribution in [0.2, 0.25) is 0 Å². The predicted molar refractivity (Wildman–Crippen MR) is 135 cm³/mol. The molecule has 3 aromatic carbocycles. The minimum atomic E-state index is -0.554. The van der Waals surface area contributed by atoms with Gasteiger partial charge in [-0.25, -0.2) is 4.39 Å². The Bertz CT molecular complexity index is 1210. The minimum absolute atomic E-state index is 0.0252. The van der Waals surface area contributed by atoms with Gasteiger partial charge in [-0.15, -0.1) is 0 Å². The Kier molecular flexibility index (Phi) is 6.74. The van der Waals surface area contributed by atoms with Gasteiger partial charge in [0.05, 0.1) is 18.8 Å². The van der Waals surface area contributed by atoms with Crippen LogP contribution in [0.25, 0.3) is 0 Å². The first-order chi connectivity index (χ1) is 17.5. The number of halogens is 1. The summed E-state index contributed by atoms with van der Waals surface area (Å²) in [6.45, 7) is 1.45. The second kappa shape index (κ2) is 10.1. The van der Waals surface area contributed by atoms with Crippen LogP contribution in [0.15, 0.2) is 78.9 Å². The van der Waals surface area contributed by atoms with Crippen molar-refractivity contribution in [3.05, 3.63) is 101 Å². The number of ether oxygens (including phenoxy) is 1. The lowest BCUT2D eigenvalue weighted by Crippen LogP contribution is -2.59. The zero-order chi connectivity index (χ0) is 25.1. The van der Waals surface area contributed by atoms with E-state index >= 15 is 0 Å². The highest BCUT2D eigenvalue weighted by Crippen LogP contribution is 2.35. The van der Waals surface area contributed by atoms with Gasteiger partial charge >= 0.3 is 0 Å². The lowest BCUT2D eigenvalue weighted by atomic mass is 9.94. The van der Waals surface area contributed by atoms with E-state index in [1.165, 1.54) is 12.1 Å². The Hall–Kier alpha value is -3.71. The van der Waals surface area contributed by atoms with Crippen molar-refractivity contribution in [1.82, 2.24) is 15.1 Å². The zero-order valence-electron chi connectivity index (χ0n) is 20.3. The van der Waals surface area contributed by atoms with Gasteiger partial charge in [0.1, 0.15) is 11.6 Å². The van der Waals surface area contributed by atoms with E-state index < -0.39 is 5.66 Å². The Balaban J connectivity index is 1.35. The van der Waals surface area contributed by atoms with Gasteiger partial charge in [-0.3, -0.25) is 14.9 Å². The molecule has 2 aliphatic rings. The van der Waals surface area contributed by atoms with Gasteiger partial charge in [-0.1, -0.05) is 42.5 Å². The van der Waals surface area contributed by atoms with E-state index in [-0.39, 0.29) is 23.7 Å². The maximum Gasteiger partial charge on any atom is 0.253 e. The molecule has 2 amide bonds. The summed E-state index contributed by atoms with van der Waals surface area (Å²) < 4.78 is 18.7. The van der Waals surface area contributed by atoms with Gasteiger partial charge < -0.3 is 14.5 Å². The summed E-state index contributed by atoms with van der Waals surface area (Å²) in [5, 5.41) is 3.65. The Labute approximate surface area is 210 Å². The normalized spacial score (nSPS) is 19.1. The van der Waals surface area contributed by atoms with Gasteiger partial charge in [-0.2, -0.15) is 0 Å². The average Bonchev–Trinajstić information content (AvgIpc) is 3.15. The summed E-state index contributed by atoms with van der Waals surface area (Å²) in [6, 6.07) is 23.0. The Morgan fingerprint density at radius 3 is 2.28 bits per heavy atom. The van der Waals surface area contributed by atoms with Crippen LogP contribution in [0, 0.1) is 5.82 Å². The van der Waals surface area contributed by atoms with Gasteiger partial charge in [0.15, 0.2) is 0 Å². The SMILES string of the molecule is COc1ccc(C(=O)N2CCC3(CC2)NC(Cc2ccccc2)C(=O)N3Cc2ccc(F)cc2)cc1. The molecule has 0 radical (unpaired) electrons. The summed E-state index contributed by atoms with van der Waals surface area (Å²) in [5.74, 6) is 0.422. The lowest BCUT2D eigenvalue weighted by molar-refractivity contribution is -0.134. The predicted octanol–water partition coefficient (Wildman–Crippen LogP) is 4.01. The molecular formula is C29H30FN3O3. The average molecular weight is 488 g/mol. The third kappa shape index (κ3) is 4.84. The lowest BCUT2D eigenvalue weighted by Gasteiger charge is -2.44. The van der Waals surface area contributed by atoms with Crippen molar-refractivity contribution in [2.24, 2.45) is 0 Å². The van der Waals surface area contributed by atoms with Crippen LogP contribution in [-0.4, -0.2) is 53.5 Å². The molecule has 2 heterocycles. The molecule has 2 aliphatic heterocycles. The fourth-order valence-corrected chi connectivity index (χ4v) is 5.26. The van der Waals surface area contributed by atoms with Crippen molar-refractivity contribution in [1.29, 1.82) is 0 Å². The fraction of sp³-hybridized carbons (Fsp3) is 0.310. The smallest absolute Gasteiger partial charge is 0.253 e. The number of methoxy groups -OCH3 is 1. The second-order valence-electron chi connectivity index (χ2n) is 9.49. The second-order valence-corrected chi connectivity index (χ2v) is 9.49. The van der Waals surface area contributed by atoms with Crippen molar-refractivity contribution in [2.45, 2.75) is 37.5 Å². The Morgan fingerprint density at radius 1 is 0.972 bits per heavy atom. The summed E-state index contributed by atoms with van der Waals surface area (Å²) in [5.41, 5.74) is 2.03. The molecule has 0 aromatic heterocycles. The van der Waals surface area contributed by atoms with Crippen LogP contribution in [0.5, 0.6) is 5.75 Å². The zero-order valence-corrected chi connectivity index (χ0v) is 20.3. The first-order valence-corrected chi connectivity index (χ1v) is 12.3. The molecule has 1 N–H and O–H groups in total. The largest absolute Gasteiger partial charge is 0.497 e. The van der Waals surface area contributed by atoms with Crippen molar-refractivity contribution in [3.8, 4) is 5.75 Å². The molecule has 3 aromatic rings. The third-order valence-electron chi connectivity index (χ3n) is 7.28. The summed E-state index contributed by atoms with van der Waals surface area (Å²) in [6.07, 6.45) is 1.83. The topological polar surface area (TPSA) is 61.9 Å². The van der Waals surface area contributed by atoms with Crippen molar-refractivity contribution in [3.63, 3.8) is 0 Å². The number of hydrogen-bond acceptors (Lipinski definition) is 4. The van der Waals surface area contributed by atoms with Crippen LogP contribution in [-0.2, 0) is 17.8 Å². The molecule has 1 atom stereocenters. The number of piperidine rings is 1. The molecule has 186 valence electrons. The van der Waals surface area contributed by atoms with Crippen molar-refractivity contribution < 1.29 is 18.7 Å². The van der Waals surface area contributed by atoms with Gasteiger partial charge in [0.25, 0.3) is 5.91 Å². The van der Waals surface area contributed by atoms with Gasteiger partial charge in [0.2, 0.25) is 5.91 Å². The van der Waals surface area contributed by atoms with Crippen LogP contribution in [0.1, 0.15) is 34.3 Å². The van der Waals surface area contributed by atoms with E-state index in [1.54, 1.807) is 43.5 Å². The highest BCUT2D eigenvalue weighted by molar-refractivity contribution is 5.94. The molecule has 1 spiro atoms. The number of amides is 2. The van der Waals surface area contributed by atoms with Crippen molar-refractivity contribution >= 4 is 11.8 Å². The standard InChI is InChI=1S/C29H30FN3O3/c1-36-25-13-9-23(10-14-25)27(34)32-17-15-29(16-18-32)31-26(19-21-5-3-2-4-6-21)28(35)33(29)20-22-7-11-24(30)12-8-22/h2-14,26,31H,15-20H2,1H3. The quantitative estimate of drug-likeness (QED) is 0.571. The molecule has 5 rings (SSSR count). The number of carbonyl (C=O) groups excluding carboxylic acids is 2. The minimum Gasteiger partial charge on any atom is -0.497 e. The monoisotopic (exact) mass is 487 g/mol. The molecule has 7 heteroatoms. The molecule has 0 saturated carbocycles.